The molecule has 2 N–H and O–H groups in total. The lowest BCUT2D eigenvalue weighted by Crippen LogP contribution is -2.36. The molecule has 1 aliphatic rings. The highest BCUT2D eigenvalue weighted by atomic mass is 16.5. The summed E-state index contributed by atoms with van der Waals surface area (Å²) >= 11 is 0. The van der Waals surface area contributed by atoms with Gasteiger partial charge in [0.15, 0.2) is 0 Å². The van der Waals surface area contributed by atoms with Crippen molar-refractivity contribution in [3.8, 4) is 5.75 Å². The zero-order chi connectivity index (χ0) is 20.9. The Balaban J connectivity index is 1.69. The summed E-state index contributed by atoms with van der Waals surface area (Å²) in [5, 5.41) is 0. The van der Waals surface area contributed by atoms with Crippen molar-refractivity contribution in [2.75, 3.05) is 53.5 Å². The molecule has 0 aromatic heterocycles. The van der Waals surface area contributed by atoms with E-state index in [-0.39, 0.29) is 0 Å². The Kier molecular flexibility index (Phi) is 11.1. The quantitative estimate of drug-likeness (QED) is 0.509. The van der Waals surface area contributed by atoms with Gasteiger partial charge in [-0.2, -0.15) is 0 Å². The maximum atomic E-state index is 10.8. The lowest BCUT2D eigenvalue weighted by atomic mass is 9.91. The molecule has 2 rings (SSSR count). The number of unbranched alkanes of at least 4 members (excludes halogenated alkanes) is 2. The predicted octanol–water partition coefficient (Wildman–Crippen LogP) is 3.54. The maximum absolute atomic E-state index is 10.8. The first-order chi connectivity index (χ1) is 14.0. The molecule has 6 heteroatoms. The molecule has 1 fully saturated rings. The third-order valence-electron chi connectivity index (χ3n) is 5.66. The number of nitrogens with two attached hydrogens (primary N) is 1. The molecule has 1 atom stereocenters. The van der Waals surface area contributed by atoms with Crippen LogP contribution in [0, 0.1) is 5.92 Å². The van der Waals surface area contributed by atoms with Crippen LogP contribution in [-0.4, -0.2) is 69.4 Å². The van der Waals surface area contributed by atoms with E-state index in [9.17, 15) is 4.79 Å². The van der Waals surface area contributed by atoms with Gasteiger partial charge in [-0.1, -0.05) is 31.4 Å². The van der Waals surface area contributed by atoms with Gasteiger partial charge in [-0.3, -0.25) is 4.90 Å². The van der Waals surface area contributed by atoms with Gasteiger partial charge >= 0.3 is 6.09 Å². The van der Waals surface area contributed by atoms with E-state index in [4.69, 9.17) is 15.2 Å². The molecule has 1 aromatic carbocycles. The molecule has 1 heterocycles. The van der Waals surface area contributed by atoms with Crippen molar-refractivity contribution < 1.29 is 14.3 Å². The van der Waals surface area contributed by atoms with Crippen LogP contribution >= 0.6 is 0 Å². The number of benzene rings is 1. The Hall–Kier alpha value is -1.63. The van der Waals surface area contributed by atoms with Crippen molar-refractivity contribution in [2.24, 2.45) is 11.7 Å². The molecule has 6 nitrogen and oxygen atoms in total. The monoisotopic (exact) mass is 405 g/mol. The summed E-state index contributed by atoms with van der Waals surface area (Å²) in [4.78, 5) is 15.6. The molecule has 0 saturated carbocycles. The van der Waals surface area contributed by atoms with Crippen LogP contribution in [0.15, 0.2) is 24.3 Å². The molecule has 1 amide bonds. The fraction of sp³-hybridized carbons (Fsp3) is 0.696. The molecule has 1 aromatic rings. The molecule has 0 spiro atoms. The summed E-state index contributed by atoms with van der Waals surface area (Å²) in [6.45, 7) is 6.32. The Morgan fingerprint density at radius 2 is 1.83 bits per heavy atom. The van der Waals surface area contributed by atoms with Gasteiger partial charge in [-0.25, -0.2) is 4.79 Å². The Bertz CT molecular complexity index is 571. The number of hydrogen-bond acceptors (Lipinski definition) is 5. The number of amides is 1. The van der Waals surface area contributed by atoms with E-state index < -0.39 is 6.09 Å². The van der Waals surface area contributed by atoms with Gasteiger partial charge in [0.25, 0.3) is 0 Å². The van der Waals surface area contributed by atoms with Crippen LogP contribution in [0.25, 0.3) is 0 Å². The highest BCUT2D eigenvalue weighted by molar-refractivity contribution is 5.67. The lowest BCUT2D eigenvalue weighted by Gasteiger charge is -2.26. The number of nitrogens with zero attached hydrogens (tertiary/aromatic N) is 2. The summed E-state index contributed by atoms with van der Waals surface area (Å²) in [5.41, 5.74) is 6.34. The minimum atomic E-state index is -0.768. The zero-order valence-corrected chi connectivity index (χ0v) is 18.3. The van der Waals surface area contributed by atoms with Crippen molar-refractivity contribution in [1.82, 2.24) is 9.80 Å². The fourth-order valence-corrected chi connectivity index (χ4v) is 3.85. The first-order valence-corrected chi connectivity index (χ1v) is 11.0. The molecule has 0 aliphatic carbocycles. The highest BCUT2D eigenvalue weighted by Crippen LogP contribution is 2.22. The van der Waals surface area contributed by atoms with E-state index >= 15 is 0 Å². The molecular weight excluding hydrogens is 366 g/mol. The molecule has 29 heavy (non-hydrogen) atoms. The predicted molar refractivity (Wildman–Crippen MR) is 117 cm³/mol. The van der Waals surface area contributed by atoms with Crippen LogP contribution in [-0.2, 0) is 11.2 Å². The van der Waals surface area contributed by atoms with Crippen LogP contribution < -0.4 is 10.5 Å². The third-order valence-corrected chi connectivity index (χ3v) is 5.66. The van der Waals surface area contributed by atoms with Gasteiger partial charge in [-0.05, 0) is 76.5 Å². The smallest absolute Gasteiger partial charge is 0.409 e. The van der Waals surface area contributed by atoms with Crippen molar-refractivity contribution >= 4 is 6.09 Å². The van der Waals surface area contributed by atoms with Crippen LogP contribution in [0.4, 0.5) is 4.79 Å². The second kappa shape index (κ2) is 13.6. The molecular formula is C23H39N3O3. The lowest BCUT2D eigenvalue weighted by molar-refractivity contribution is 0.0371. The summed E-state index contributed by atoms with van der Waals surface area (Å²) in [5.74, 6) is 1.26. The van der Waals surface area contributed by atoms with E-state index in [0.29, 0.717) is 5.75 Å². The standard InChI is InChI=1S/C23H39N3O3/c1-25(2)15-13-20(6-4-3-5-14-26-16-18-28-19-17-26)7-8-21-9-11-22(12-10-21)29-23(24)27/h9-12,20H,3-8,13-19H2,1-2H3,(H2,24,27). The van der Waals surface area contributed by atoms with Gasteiger partial charge in [0.05, 0.1) is 13.2 Å². The maximum Gasteiger partial charge on any atom is 0.409 e. The fourth-order valence-electron chi connectivity index (χ4n) is 3.85. The van der Waals surface area contributed by atoms with Crippen LogP contribution in [0.5, 0.6) is 5.75 Å². The Morgan fingerprint density at radius 3 is 2.48 bits per heavy atom. The number of aryl methyl sites for hydroxylation is 1. The molecule has 0 bridgehead atoms. The van der Waals surface area contributed by atoms with Gasteiger partial charge in [0.1, 0.15) is 5.75 Å². The number of ether oxygens (including phenoxy) is 2. The molecule has 0 radical (unpaired) electrons. The van der Waals surface area contributed by atoms with E-state index in [1.807, 2.05) is 24.3 Å². The van der Waals surface area contributed by atoms with Crippen LogP contribution in [0.1, 0.15) is 44.1 Å². The van der Waals surface area contributed by atoms with E-state index in [1.165, 1.54) is 50.6 Å². The summed E-state index contributed by atoms with van der Waals surface area (Å²) in [6, 6.07) is 7.70. The molecule has 1 aliphatic heterocycles. The largest absolute Gasteiger partial charge is 0.411 e. The Morgan fingerprint density at radius 1 is 1.10 bits per heavy atom. The van der Waals surface area contributed by atoms with Crippen molar-refractivity contribution in [3.05, 3.63) is 29.8 Å². The van der Waals surface area contributed by atoms with Gasteiger partial charge < -0.3 is 20.1 Å². The minimum Gasteiger partial charge on any atom is -0.411 e. The number of primary amides is 1. The van der Waals surface area contributed by atoms with Crippen molar-refractivity contribution in [3.63, 3.8) is 0 Å². The van der Waals surface area contributed by atoms with Gasteiger partial charge in [0.2, 0.25) is 0 Å². The average Bonchev–Trinajstić information content (AvgIpc) is 2.70. The van der Waals surface area contributed by atoms with E-state index in [2.05, 4.69) is 23.9 Å². The van der Waals surface area contributed by atoms with Gasteiger partial charge in [-0.15, -0.1) is 0 Å². The van der Waals surface area contributed by atoms with E-state index in [1.54, 1.807) is 0 Å². The summed E-state index contributed by atoms with van der Waals surface area (Å²) in [7, 11) is 4.30. The minimum absolute atomic E-state index is 0.505. The first-order valence-electron chi connectivity index (χ1n) is 11.0. The number of rotatable bonds is 13. The number of morpholine rings is 1. The second-order valence-electron chi connectivity index (χ2n) is 8.37. The normalized spacial score (nSPS) is 16.1. The zero-order valence-electron chi connectivity index (χ0n) is 18.3. The van der Waals surface area contributed by atoms with E-state index in [0.717, 1.165) is 45.2 Å². The highest BCUT2D eigenvalue weighted by Gasteiger charge is 2.12. The first kappa shape index (κ1) is 23.6. The molecule has 164 valence electrons. The molecule has 1 saturated heterocycles. The van der Waals surface area contributed by atoms with Crippen LogP contribution in [0.3, 0.4) is 0 Å². The van der Waals surface area contributed by atoms with Gasteiger partial charge in [0, 0.05) is 13.1 Å². The third kappa shape index (κ3) is 10.6. The average molecular weight is 406 g/mol. The number of hydrogen-bond donors (Lipinski definition) is 1. The number of carbonyl (C=O) groups is 1. The Labute approximate surface area is 176 Å². The second-order valence-corrected chi connectivity index (χ2v) is 8.37. The van der Waals surface area contributed by atoms with Crippen molar-refractivity contribution in [2.45, 2.75) is 44.9 Å². The summed E-state index contributed by atoms with van der Waals surface area (Å²) < 4.78 is 10.3. The SMILES string of the molecule is CN(C)CCC(CCCCCN1CCOCC1)CCc1ccc(OC(N)=O)cc1. The van der Waals surface area contributed by atoms with Crippen molar-refractivity contribution in [1.29, 1.82) is 0 Å². The number of carbonyl (C=O) groups excluding carboxylic acids is 1. The topological polar surface area (TPSA) is 68.0 Å². The summed E-state index contributed by atoms with van der Waals surface area (Å²) in [6.07, 6.45) is 7.97. The van der Waals surface area contributed by atoms with Crippen LogP contribution in [0.2, 0.25) is 0 Å². The molecule has 1 unspecified atom stereocenters.